The van der Waals surface area contributed by atoms with Crippen LogP contribution in [-0.4, -0.2) is 112 Å². The molecule has 0 radical (unpaired) electrons. The van der Waals surface area contributed by atoms with Gasteiger partial charge in [-0.15, -0.1) is 11.8 Å². The van der Waals surface area contributed by atoms with E-state index in [2.05, 4.69) is 5.32 Å². The number of rotatable bonds is 10. The molecule has 0 bridgehead atoms. The first kappa shape index (κ1) is 39.8. The Hall–Kier alpha value is -5.43. The van der Waals surface area contributed by atoms with E-state index in [4.69, 9.17) is 14.2 Å². The van der Waals surface area contributed by atoms with Gasteiger partial charge in [-0.3, -0.25) is 14.2 Å². The number of nitrogens with zero attached hydrogens (tertiary/aromatic N) is 1. The van der Waals surface area contributed by atoms with Gasteiger partial charge in [0.05, 0.1) is 52.1 Å². The van der Waals surface area contributed by atoms with Crippen molar-refractivity contribution >= 4 is 45.0 Å². The first-order valence-corrected chi connectivity index (χ1v) is 19.1. The van der Waals surface area contributed by atoms with Crippen LogP contribution in [0.3, 0.4) is 0 Å². The number of carbonyl (C=O) groups is 2. The van der Waals surface area contributed by atoms with Crippen LogP contribution in [-0.2, 0) is 20.7 Å². The van der Waals surface area contributed by atoms with Gasteiger partial charge in [0.15, 0.2) is 18.0 Å². The third-order valence-electron chi connectivity index (χ3n) is 10.7. The molecule has 17 heteroatoms. The van der Waals surface area contributed by atoms with E-state index in [0.29, 0.717) is 16.3 Å². The molecule has 1 aliphatic carbocycles. The summed E-state index contributed by atoms with van der Waals surface area (Å²) in [7, 11) is 1.35. The van der Waals surface area contributed by atoms with E-state index in [1.165, 1.54) is 60.7 Å². The number of methoxy groups -OCH3 is 1. The van der Waals surface area contributed by atoms with Crippen LogP contribution >= 0.6 is 11.8 Å². The number of carbonyl (C=O) groups excluding carboxylic acids is 2. The van der Waals surface area contributed by atoms with Gasteiger partial charge in [-0.1, -0.05) is 25.1 Å². The summed E-state index contributed by atoms with van der Waals surface area (Å²) in [5.74, 6) is -3.67. The second-order valence-electron chi connectivity index (χ2n) is 14.1. The number of amides is 1. The molecule has 10 N–H and O–H groups in total. The van der Waals surface area contributed by atoms with E-state index in [1.807, 2.05) is 6.92 Å². The fraction of sp³-hybridized carbons (Fsp3) is 0.350. The number of benzene rings is 4. The zero-order chi connectivity index (χ0) is 41.1. The van der Waals surface area contributed by atoms with Crippen molar-refractivity contribution in [1.29, 1.82) is 0 Å². The lowest BCUT2D eigenvalue weighted by atomic mass is 9.74. The Balaban J connectivity index is 1.23. The fourth-order valence-corrected chi connectivity index (χ4v) is 8.64. The van der Waals surface area contributed by atoms with Crippen LogP contribution in [0.1, 0.15) is 54.3 Å². The topological polar surface area (TPSA) is 261 Å². The molecule has 57 heavy (non-hydrogen) atoms. The molecule has 7 rings (SSSR count). The number of hydrogen-bond acceptors (Lipinski definition) is 15. The molecule has 0 spiro atoms. The minimum absolute atomic E-state index is 0.0321. The van der Waals surface area contributed by atoms with E-state index in [1.54, 1.807) is 18.2 Å². The van der Waals surface area contributed by atoms with Crippen molar-refractivity contribution in [2.75, 3.05) is 19.5 Å². The summed E-state index contributed by atoms with van der Waals surface area (Å²) in [4.78, 5) is 27.1. The van der Waals surface area contributed by atoms with E-state index < -0.39 is 90.4 Å². The standard InChI is InChI=1S/C40H42N2O14S/c1-4-57-25-13-27(45)42(39(25)52)19-8-5-7-18(11-19)38(51)41-22-12-28(55-17(2)33(22)46)56-24-15-40(53,26(44)16-43)14-21-30(24)37(50)32-31(35(21)48)34(47)20-9-6-10-23(54-3)29(20)36(32)49/h5-11,13,17,22,24,28,33,43,45-50,52-53H,4,12,14-16H2,1-3H3,(H,41,51)/t17-,22-,24-,28?,33+,40-/m0/s1. The van der Waals surface area contributed by atoms with Gasteiger partial charge in [-0.05, 0) is 36.9 Å². The molecule has 16 nitrogen and oxygen atoms in total. The van der Waals surface area contributed by atoms with Crippen molar-refractivity contribution in [1.82, 2.24) is 9.88 Å². The molecule has 1 aliphatic heterocycles. The van der Waals surface area contributed by atoms with Crippen molar-refractivity contribution in [3.63, 3.8) is 0 Å². The normalized spacial score (nSPS) is 23.4. The predicted molar refractivity (Wildman–Crippen MR) is 206 cm³/mol. The molecule has 2 heterocycles. The molecule has 0 saturated carbocycles. The molecule has 1 aromatic heterocycles. The van der Waals surface area contributed by atoms with Crippen molar-refractivity contribution in [2.24, 2.45) is 0 Å². The minimum atomic E-state index is -2.33. The molecule has 5 aromatic rings. The van der Waals surface area contributed by atoms with Crippen molar-refractivity contribution in [3.05, 3.63) is 65.2 Å². The molecular formula is C40H42N2O14S. The Morgan fingerprint density at radius 3 is 2.40 bits per heavy atom. The summed E-state index contributed by atoms with van der Waals surface area (Å²) in [6.07, 6.45) is -6.30. The second-order valence-corrected chi connectivity index (χ2v) is 15.4. The lowest BCUT2D eigenvalue weighted by Crippen LogP contribution is -2.55. The van der Waals surface area contributed by atoms with Crippen LogP contribution < -0.4 is 10.1 Å². The highest BCUT2D eigenvalue weighted by atomic mass is 32.2. The van der Waals surface area contributed by atoms with E-state index in [0.717, 1.165) is 0 Å². The maximum absolute atomic E-state index is 13.6. The lowest BCUT2D eigenvalue weighted by Gasteiger charge is -2.42. The van der Waals surface area contributed by atoms with Gasteiger partial charge >= 0.3 is 0 Å². The summed E-state index contributed by atoms with van der Waals surface area (Å²) in [6, 6.07) is 11.0. The molecule has 1 amide bonds. The third kappa shape index (κ3) is 6.69. The van der Waals surface area contributed by atoms with Gasteiger partial charge in [-0.25, -0.2) is 0 Å². The Labute approximate surface area is 329 Å². The van der Waals surface area contributed by atoms with Crippen molar-refractivity contribution in [2.45, 2.75) is 74.3 Å². The molecule has 1 saturated heterocycles. The van der Waals surface area contributed by atoms with Crippen LogP contribution in [0.4, 0.5) is 0 Å². The number of aliphatic hydroxyl groups excluding tert-OH is 2. The number of Topliss-reactive ketones (excluding diaryl/α,β-unsaturated/α-hetero) is 1. The number of hydrogen-bond donors (Lipinski definition) is 10. The molecule has 302 valence electrons. The fourth-order valence-electron chi connectivity index (χ4n) is 7.92. The highest BCUT2D eigenvalue weighted by Crippen LogP contribution is 2.57. The number of aromatic hydroxyl groups is 6. The van der Waals surface area contributed by atoms with Gasteiger partial charge in [0, 0.05) is 47.4 Å². The maximum Gasteiger partial charge on any atom is 0.251 e. The zero-order valence-corrected chi connectivity index (χ0v) is 31.8. The first-order chi connectivity index (χ1) is 27.1. The number of fused-ring (bicyclic) bond motifs is 3. The van der Waals surface area contributed by atoms with Crippen LogP contribution in [0.25, 0.3) is 27.2 Å². The summed E-state index contributed by atoms with van der Waals surface area (Å²) in [6.45, 7) is 2.35. The van der Waals surface area contributed by atoms with Gasteiger partial charge < -0.3 is 65.5 Å². The number of thioether (sulfide) groups is 1. The van der Waals surface area contributed by atoms with Gasteiger partial charge in [-0.2, -0.15) is 0 Å². The lowest BCUT2D eigenvalue weighted by molar-refractivity contribution is -0.249. The molecule has 1 unspecified atom stereocenters. The average molecular weight is 807 g/mol. The Morgan fingerprint density at radius 1 is 0.982 bits per heavy atom. The van der Waals surface area contributed by atoms with Crippen LogP contribution in [0, 0.1) is 0 Å². The van der Waals surface area contributed by atoms with Crippen LogP contribution in [0.2, 0.25) is 0 Å². The average Bonchev–Trinajstić information content (AvgIpc) is 3.47. The molecule has 2 aliphatic rings. The van der Waals surface area contributed by atoms with Crippen molar-refractivity contribution in [3.8, 4) is 46.2 Å². The number of phenolic OH excluding ortho intramolecular Hbond substituents is 4. The van der Waals surface area contributed by atoms with Crippen molar-refractivity contribution < 1.29 is 69.8 Å². The Kier molecular flexibility index (Phi) is 10.6. The van der Waals surface area contributed by atoms with Crippen LogP contribution in [0.5, 0.6) is 40.5 Å². The van der Waals surface area contributed by atoms with E-state index >= 15 is 0 Å². The SMILES string of the molecule is CCSc1cc(O)n(-c2cccc(C(=O)N[C@H]3CC(O[C@H]4C[C@](O)(C(=O)CO)Cc5c4c(O)c4c(O)c6c(OC)cccc6c(O)c4c5O)O[C@@H](C)[C@H]3O)c2)c1O. The largest absolute Gasteiger partial charge is 0.507 e. The van der Waals surface area contributed by atoms with Crippen LogP contribution in [0.15, 0.2) is 53.4 Å². The Morgan fingerprint density at radius 2 is 1.70 bits per heavy atom. The third-order valence-corrected chi connectivity index (χ3v) is 11.6. The molecule has 6 atom stereocenters. The van der Waals surface area contributed by atoms with E-state index in [9.17, 15) is 55.5 Å². The maximum atomic E-state index is 13.6. The number of ketones is 1. The van der Waals surface area contributed by atoms with Gasteiger partial charge in [0.25, 0.3) is 5.91 Å². The van der Waals surface area contributed by atoms with E-state index in [-0.39, 0.29) is 62.2 Å². The number of nitrogens with one attached hydrogen (secondary N) is 1. The highest BCUT2D eigenvalue weighted by Gasteiger charge is 2.48. The van der Waals surface area contributed by atoms with Gasteiger partial charge in [0.1, 0.15) is 47.1 Å². The minimum Gasteiger partial charge on any atom is -0.507 e. The number of ether oxygens (including phenoxy) is 3. The Bertz CT molecular complexity index is 2420. The van der Waals surface area contributed by atoms with Gasteiger partial charge in [0.2, 0.25) is 5.88 Å². The summed E-state index contributed by atoms with van der Waals surface area (Å²) < 4.78 is 18.8. The molecule has 1 fully saturated rings. The number of aromatic nitrogens is 1. The smallest absolute Gasteiger partial charge is 0.251 e. The molecule has 4 aromatic carbocycles. The summed E-state index contributed by atoms with van der Waals surface area (Å²) in [5, 5.41) is 102. The predicted octanol–water partition coefficient (Wildman–Crippen LogP) is 3.73. The highest BCUT2D eigenvalue weighted by molar-refractivity contribution is 7.99. The number of aliphatic hydroxyl groups is 3. The quantitative estimate of drug-likeness (QED) is 0.0548. The zero-order valence-electron chi connectivity index (χ0n) is 31.0. The summed E-state index contributed by atoms with van der Waals surface area (Å²) >= 11 is 1.33. The summed E-state index contributed by atoms with van der Waals surface area (Å²) in [5.41, 5.74) is -2.26. The monoisotopic (exact) mass is 806 g/mol. The molecular weight excluding hydrogens is 765 g/mol. The second kappa shape index (κ2) is 15.1. The number of phenols is 4. The first-order valence-electron chi connectivity index (χ1n) is 18.1.